The van der Waals surface area contributed by atoms with Gasteiger partial charge in [-0.25, -0.2) is 0 Å². The first-order valence-electron chi connectivity index (χ1n) is 9.30. The lowest BCUT2D eigenvalue weighted by atomic mass is 9.92. The molecule has 1 aliphatic heterocycles. The van der Waals surface area contributed by atoms with Crippen LogP contribution in [-0.4, -0.2) is 63.1 Å². The maximum absolute atomic E-state index is 5.82. The van der Waals surface area contributed by atoms with E-state index in [4.69, 9.17) is 4.74 Å². The highest BCUT2D eigenvalue weighted by Gasteiger charge is 2.23. The number of piperidine rings is 1. The molecule has 0 aromatic heterocycles. The van der Waals surface area contributed by atoms with Crippen molar-refractivity contribution in [3.05, 3.63) is 29.8 Å². The maximum atomic E-state index is 5.82. The molecule has 2 atom stereocenters. The van der Waals surface area contributed by atoms with Crippen LogP contribution in [-0.2, 0) is 6.54 Å². The van der Waals surface area contributed by atoms with Gasteiger partial charge in [-0.1, -0.05) is 26.0 Å². The van der Waals surface area contributed by atoms with Crippen LogP contribution >= 0.6 is 24.0 Å². The highest BCUT2D eigenvalue weighted by molar-refractivity contribution is 14.0. The zero-order valence-corrected chi connectivity index (χ0v) is 19.2. The van der Waals surface area contributed by atoms with E-state index < -0.39 is 0 Å². The van der Waals surface area contributed by atoms with Crippen LogP contribution < -0.4 is 10.1 Å². The Morgan fingerprint density at radius 1 is 1.27 bits per heavy atom. The van der Waals surface area contributed by atoms with Crippen molar-refractivity contribution in [2.75, 3.05) is 47.4 Å². The summed E-state index contributed by atoms with van der Waals surface area (Å²) in [6.45, 7) is 9.19. The average molecular weight is 474 g/mol. The molecule has 148 valence electrons. The molecule has 0 spiro atoms. The number of likely N-dealkylation sites (N-methyl/N-ethyl adjacent to an activating group) is 1. The van der Waals surface area contributed by atoms with E-state index in [0.29, 0.717) is 6.61 Å². The van der Waals surface area contributed by atoms with E-state index in [1.54, 1.807) is 0 Å². The first-order valence-corrected chi connectivity index (χ1v) is 9.30. The van der Waals surface area contributed by atoms with Crippen molar-refractivity contribution in [1.82, 2.24) is 15.1 Å². The number of nitrogens with zero attached hydrogens (tertiary/aromatic N) is 3. The van der Waals surface area contributed by atoms with E-state index in [0.717, 1.165) is 49.7 Å². The number of guanidine groups is 1. The van der Waals surface area contributed by atoms with Crippen molar-refractivity contribution < 1.29 is 4.74 Å². The SMILES string of the molecule is CN=C(NCc1cccc(OCCN(C)C)c1)N1CC(C)CC(C)C1.I. The molecule has 1 aromatic rings. The van der Waals surface area contributed by atoms with Crippen LogP contribution in [0.2, 0.25) is 0 Å². The first-order chi connectivity index (χ1) is 12.0. The van der Waals surface area contributed by atoms with Crippen molar-refractivity contribution >= 4 is 29.9 Å². The molecule has 6 heteroatoms. The fourth-order valence-electron chi connectivity index (χ4n) is 3.44. The van der Waals surface area contributed by atoms with Crippen molar-refractivity contribution in [2.45, 2.75) is 26.8 Å². The van der Waals surface area contributed by atoms with Gasteiger partial charge in [-0.05, 0) is 50.0 Å². The third kappa shape index (κ3) is 7.70. The van der Waals surface area contributed by atoms with Gasteiger partial charge in [-0.15, -0.1) is 24.0 Å². The fourth-order valence-corrected chi connectivity index (χ4v) is 3.44. The molecule has 1 N–H and O–H groups in total. The fraction of sp³-hybridized carbons (Fsp3) is 0.650. The third-order valence-electron chi connectivity index (χ3n) is 4.54. The highest BCUT2D eigenvalue weighted by atomic mass is 127. The number of halogens is 1. The summed E-state index contributed by atoms with van der Waals surface area (Å²) in [6.07, 6.45) is 1.31. The van der Waals surface area contributed by atoms with Crippen LogP contribution in [0.5, 0.6) is 5.75 Å². The largest absolute Gasteiger partial charge is 0.492 e. The predicted molar refractivity (Wildman–Crippen MR) is 121 cm³/mol. The number of ether oxygens (including phenoxy) is 1. The van der Waals surface area contributed by atoms with Crippen LogP contribution in [0.15, 0.2) is 29.3 Å². The Bertz CT molecular complexity index is 554. The molecule has 1 aliphatic rings. The molecule has 0 aliphatic carbocycles. The Kier molecular flexibility index (Phi) is 10.3. The van der Waals surface area contributed by atoms with Crippen molar-refractivity contribution in [3.8, 4) is 5.75 Å². The van der Waals surface area contributed by atoms with Crippen molar-refractivity contribution in [2.24, 2.45) is 16.8 Å². The van der Waals surface area contributed by atoms with Gasteiger partial charge in [0.2, 0.25) is 0 Å². The Morgan fingerprint density at radius 3 is 2.58 bits per heavy atom. The monoisotopic (exact) mass is 474 g/mol. The van der Waals surface area contributed by atoms with E-state index in [1.165, 1.54) is 12.0 Å². The number of hydrogen-bond acceptors (Lipinski definition) is 3. The maximum Gasteiger partial charge on any atom is 0.193 e. The number of benzene rings is 1. The van der Waals surface area contributed by atoms with Crippen molar-refractivity contribution in [3.63, 3.8) is 0 Å². The normalized spacial score (nSPS) is 20.7. The third-order valence-corrected chi connectivity index (χ3v) is 4.54. The van der Waals surface area contributed by atoms with E-state index >= 15 is 0 Å². The molecular weight excluding hydrogens is 439 g/mol. The van der Waals surface area contributed by atoms with Gasteiger partial charge in [0.05, 0.1) is 0 Å². The van der Waals surface area contributed by atoms with Crippen molar-refractivity contribution in [1.29, 1.82) is 0 Å². The number of nitrogens with one attached hydrogen (secondary N) is 1. The molecule has 1 heterocycles. The minimum atomic E-state index is 0. The second-order valence-corrected chi connectivity index (χ2v) is 7.55. The van der Waals surface area contributed by atoms with Crippen LogP contribution in [0.4, 0.5) is 0 Å². The van der Waals surface area contributed by atoms with Gasteiger partial charge in [0.1, 0.15) is 12.4 Å². The Hall–Kier alpha value is -1.02. The topological polar surface area (TPSA) is 40.1 Å². The molecule has 1 saturated heterocycles. The molecule has 2 rings (SSSR count). The molecule has 5 nitrogen and oxygen atoms in total. The summed E-state index contributed by atoms with van der Waals surface area (Å²) in [6, 6.07) is 8.30. The molecule has 2 unspecified atom stereocenters. The minimum Gasteiger partial charge on any atom is -0.492 e. The quantitative estimate of drug-likeness (QED) is 0.390. The van der Waals surface area contributed by atoms with Gasteiger partial charge in [0.15, 0.2) is 5.96 Å². The molecule has 0 bridgehead atoms. The Labute approximate surface area is 176 Å². The summed E-state index contributed by atoms with van der Waals surface area (Å²) in [5.74, 6) is 3.36. The summed E-state index contributed by atoms with van der Waals surface area (Å²) >= 11 is 0. The van der Waals surface area contributed by atoms with Gasteiger partial charge >= 0.3 is 0 Å². The summed E-state index contributed by atoms with van der Waals surface area (Å²) in [5, 5.41) is 3.51. The standard InChI is InChI=1S/C20H34N4O.HI/c1-16-11-17(2)15-24(14-16)20(21-3)22-13-18-7-6-8-19(12-18)25-10-9-23(4)5;/h6-8,12,16-17H,9-11,13-15H2,1-5H3,(H,21,22);1H. The number of hydrogen-bond donors (Lipinski definition) is 1. The molecular formula is C20H35IN4O. The Balaban J connectivity index is 0.00000338. The van der Waals surface area contributed by atoms with Crippen LogP contribution in [0.3, 0.4) is 0 Å². The molecule has 0 saturated carbocycles. The number of aliphatic imine (C=N–C) groups is 1. The van der Waals surface area contributed by atoms with Crippen LogP contribution in [0.25, 0.3) is 0 Å². The molecule has 1 aromatic carbocycles. The van der Waals surface area contributed by atoms with Crippen LogP contribution in [0, 0.1) is 11.8 Å². The van der Waals surface area contributed by atoms with E-state index in [2.05, 4.69) is 66.3 Å². The Morgan fingerprint density at radius 2 is 1.96 bits per heavy atom. The lowest BCUT2D eigenvalue weighted by Gasteiger charge is -2.37. The predicted octanol–water partition coefficient (Wildman–Crippen LogP) is 3.30. The summed E-state index contributed by atoms with van der Waals surface area (Å²) in [5.41, 5.74) is 1.21. The second-order valence-electron chi connectivity index (χ2n) is 7.55. The summed E-state index contributed by atoms with van der Waals surface area (Å²) in [7, 11) is 5.97. The lowest BCUT2D eigenvalue weighted by Crippen LogP contribution is -2.48. The summed E-state index contributed by atoms with van der Waals surface area (Å²) in [4.78, 5) is 8.99. The zero-order valence-electron chi connectivity index (χ0n) is 16.9. The first kappa shape index (κ1) is 23.0. The van der Waals surface area contributed by atoms with Gasteiger partial charge in [0.25, 0.3) is 0 Å². The van der Waals surface area contributed by atoms with E-state index in [-0.39, 0.29) is 24.0 Å². The molecule has 1 fully saturated rings. The lowest BCUT2D eigenvalue weighted by molar-refractivity contribution is 0.208. The smallest absolute Gasteiger partial charge is 0.193 e. The molecule has 0 radical (unpaired) electrons. The van der Waals surface area contributed by atoms with Gasteiger partial charge in [-0.2, -0.15) is 0 Å². The minimum absolute atomic E-state index is 0. The van der Waals surface area contributed by atoms with E-state index in [1.807, 2.05) is 13.1 Å². The second kappa shape index (κ2) is 11.6. The van der Waals surface area contributed by atoms with Gasteiger partial charge in [0, 0.05) is 33.2 Å². The molecule has 26 heavy (non-hydrogen) atoms. The summed E-state index contributed by atoms with van der Waals surface area (Å²) < 4.78 is 5.82. The zero-order chi connectivity index (χ0) is 18.2. The van der Waals surface area contributed by atoms with Crippen LogP contribution in [0.1, 0.15) is 25.8 Å². The highest BCUT2D eigenvalue weighted by Crippen LogP contribution is 2.21. The number of rotatable bonds is 6. The van der Waals surface area contributed by atoms with Gasteiger partial charge in [-0.3, -0.25) is 4.99 Å². The number of likely N-dealkylation sites (tertiary alicyclic amines) is 1. The van der Waals surface area contributed by atoms with Gasteiger partial charge < -0.3 is 19.9 Å². The van der Waals surface area contributed by atoms with E-state index in [9.17, 15) is 0 Å². The average Bonchev–Trinajstić information content (AvgIpc) is 2.54. The molecule has 0 amide bonds.